The molecule has 1 heterocycles. The van der Waals surface area contributed by atoms with E-state index in [1.54, 1.807) is 0 Å². The van der Waals surface area contributed by atoms with Crippen LogP contribution in [0.1, 0.15) is 18.1 Å². The topological polar surface area (TPSA) is 3.24 Å². The second-order valence-electron chi connectivity index (χ2n) is 6.63. The third kappa shape index (κ3) is 3.39. The van der Waals surface area contributed by atoms with Gasteiger partial charge in [0.1, 0.15) is 0 Å². The summed E-state index contributed by atoms with van der Waals surface area (Å²) in [5, 5.41) is 1.40. The maximum atomic E-state index is 2.58. The van der Waals surface area contributed by atoms with Crippen molar-refractivity contribution in [1.29, 1.82) is 0 Å². The van der Waals surface area contributed by atoms with Crippen molar-refractivity contribution in [2.24, 2.45) is 5.92 Å². The quantitative estimate of drug-likeness (QED) is 0.669. The van der Waals surface area contributed by atoms with Crippen molar-refractivity contribution in [3.63, 3.8) is 0 Å². The van der Waals surface area contributed by atoms with Gasteiger partial charge in [0.25, 0.3) is 0 Å². The number of anilines is 2. The summed E-state index contributed by atoms with van der Waals surface area (Å²) in [5.74, 6) is 5.64. The van der Waals surface area contributed by atoms with Gasteiger partial charge >= 0.3 is 139 Å². The van der Waals surface area contributed by atoms with E-state index in [-0.39, 0.29) is 13.9 Å². The first kappa shape index (κ1) is 15.6. The Morgan fingerprint density at radius 1 is 0.909 bits per heavy atom. The molecule has 2 heteroatoms. The Balaban J connectivity index is 1.99. The second-order valence-corrected chi connectivity index (χ2v) is 11.5. The van der Waals surface area contributed by atoms with Crippen LogP contribution in [0.4, 0.5) is 11.4 Å². The van der Waals surface area contributed by atoms with Gasteiger partial charge in [-0.05, 0) is 0 Å². The number of hydrogen-bond donors (Lipinski definition) is 0. The van der Waals surface area contributed by atoms with Crippen molar-refractivity contribution in [2.75, 3.05) is 11.4 Å². The molecule has 0 saturated carbocycles. The summed E-state index contributed by atoms with van der Waals surface area (Å²) in [6.45, 7) is 3.55. The number of hydrogen-bond acceptors (Lipinski definition) is 1. The van der Waals surface area contributed by atoms with E-state index < -0.39 is 0 Å². The van der Waals surface area contributed by atoms with E-state index in [1.807, 2.05) is 0 Å². The molecule has 0 N–H and O–H groups in total. The molecule has 1 unspecified atom stereocenters. The van der Waals surface area contributed by atoms with Gasteiger partial charge in [0.05, 0.1) is 0 Å². The molecule has 1 atom stereocenters. The van der Waals surface area contributed by atoms with E-state index in [0.29, 0.717) is 0 Å². The Bertz CT molecular complexity index is 588. The van der Waals surface area contributed by atoms with Crippen LogP contribution in [-0.2, 0) is 12.8 Å². The summed E-state index contributed by atoms with van der Waals surface area (Å²) < 4.78 is 0. The molecule has 0 spiro atoms. The van der Waals surface area contributed by atoms with Crippen LogP contribution in [0.15, 0.2) is 48.5 Å². The summed E-state index contributed by atoms with van der Waals surface area (Å²) in [4.78, 5) is 2.58. The molecular formula is C20H26NSe+. The first-order chi connectivity index (χ1) is 10.6. The van der Waals surface area contributed by atoms with Crippen LogP contribution in [0, 0.1) is 5.92 Å². The van der Waals surface area contributed by atoms with Gasteiger partial charge in [-0.3, -0.25) is 0 Å². The van der Waals surface area contributed by atoms with Crippen molar-refractivity contribution < 1.29 is 0 Å². The Hall–Kier alpha value is -1.24. The molecule has 1 aliphatic heterocycles. The fourth-order valence-electron chi connectivity index (χ4n) is 3.50. The molecule has 3 rings (SSSR count). The molecule has 2 aromatic rings. The van der Waals surface area contributed by atoms with Gasteiger partial charge in [0, 0.05) is 0 Å². The third-order valence-corrected chi connectivity index (χ3v) is 6.93. The molecule has 1 nitrogen and oxygen atoms in total. The molecule has 1 aliphatic rings. The van der Waals surface area contributed by atoms with Crippen LogP contribution in [0.25, 0.3) is 0 Å². The minimum atomic E-state index is -0.384. The zero-order valence-corrected chi connectivity index (χ0v) is 15.6. The monoisotopic (exact) mass is 360 g/mol. The first-order valence-electron chi connectivity index (χ1n) is 8.12. The molecular weight excluding hydrogens is 333 g/mol. The number of aryl methyl sites for hydroxylation is 2. The predicted molar refractivity (Wildman–Crippen MR) is 98.8 cm³/mol. The van der Waals surface area contributed by atoms with Crippen LogP contribution in [-0.4, -0.2) is 20.4 Å². The zero-order chi connectivity index (χ0) is 15.5. The molecule has 0 amide bonds. The molecule has 0 saturated heterocycles. The molecule has 22 heavy (non-hydrogen) atoms. The van der Waals surface area contributed by atoms with Crippen molar-refractivity contribution in [3.8, 4) is 0 Å². The van der Waals surface area contributed by atoms with Crippen molar-refractivity contribution >= 4 is 25.3 Å². The number of nitrogens with zero attached hydrogens (tertiary/aromatic N) is 1. The van der Waals surface area contributed by atoms with E-state index in [1.165, 1.54) is 27.8 Å². The summed E-state index contributed by atoms with van der Waals surface area (Å²) in [6, 6.07) is 17.9. The molecule has 0 aliphatic carbocycles. The number of para-hydroxylation sites is 2. The fraction of sp³-hybridized carbons (Fsp3) is 0.400. The van der Waals surface area contributed by atoms with Gasteiger partial charge < -0.3 is 0 Å². The number of fused-ring (bicyclic) bond motifs is 2. The standard InChI is InChI=1S/C20H26NSe/c1-16(15-22(2)3)14-21-19-10-6-4-8-17(19)12-13-18-9-5-7-11-20(18)21/h4-11,16H,12-15H2,1-3H3/q+1. The SMILES string of the molecule is CC(CN1c2ccccc2CCc2ccccc21)C[Se+](C)C. The average molecular weight is 359 g/mol. The summed E-state index contributed by atoms with van der Waals surface area (Å²) in [5.41, 5.74) is 5.82. The van der Waals surface area contributed by atoms with Gasteiger partial charge in [0.15, 0.2) is 0 Å². The fourth-order valence-corrected chi connectivity index (χ4v) is 6.11. The Morgan fingerprint density at radius 3 is 1.91 bits per heavy atom. The Morgan fingerprint density at radius 2 is 1.41 bits per heavy atom. The second kappa shape index (κ2) is 6.89. The van der Waals surface area contributed by atoms with Crippen LogP contribution in [0.2, 0.25) is 17.0 Å². The predicted octanol–water partition coefficient (Wildman–Crippen LogP) is 5.31. The molecule has 0 bridgehead atoms. The van der Waals surface area contributed by atoms with Gasteiger partial charge in [-0.2, -0.15) is 0 Å². The zero-order valence-electron chi connectivity index (χ0n) is 13.9. The molecule has 116 valence electrons. The maximum absolute atomic E-state index is 2.58. The number of rotatable bonds is 4. The van der Waals surface area contributed by atoms with E-state index in [2.05, 4.69) is 72.0 Å². The van der Waals surface area contributed by atoms with E-state index in [0.717, 1.165) is 25.3 Å². The van der Waals surface area contributed by atoms with Crippen LogP contribution in [0.5, 0.6) is 0 Å². The van der Waals surface area contributed by atoms with Gasteiger partial charge in [-0.15, -0.1) is 0 Å². The van der Waals surface area contributed by atoms with Crippen LogP contribution < -0.4 is 4.90 Å². The van der Waals surface area contributed by atoms with E-state index >= 15 is 0 Å². The molecule has 0 radical (unpaired) electrons. The molecule has 0 fully saturated rings. The average Bonchev–Trinajstić information content (AvgIpc) is 2.65. The van der Waals surface area contributed by atoms with Crippen molar-refractivity contribution in [2.45, 2.75) is 36.7 Å². The Labute approximate surface area is 139 Å². The van der Waals surface area contributed by atoms with E-state index in [4.69, 9.17) is 0 Å². The van der Waals surface area contributed by atoms with Gasteiger partial charge in [-0.1, -0.05) is 0 Å². The van der Waals surface area contributed by atoms with Crippen molar-refractivity contribution in [3.05, 3.63) is 59.7 Å². The van der Waals surface area contributed by atoms with Gasteiger partial charge in [0.2, 0.25) is 0 Å². The van der Waals surface area contributed by atoms with Crippen LogP contribution in [0.3, 0.4) is 0 Å². The van der Waals surface area contributed by atoms with Crippen molar-refractivity contribution in [1.82, 2.24) is 0 Å². The normalized spacial score (nSPS) is 15.2. The number of benzene rings is 2. The minimum absolute atomic E-state index is 0.384. The van der Waals surface area contributed by atoms with Crippen LogP contribution >= 0.6 is 0 Å². The summed E-state index contributed by atoms with van der Waals surface area (Å²) in [7, 11) is 0. The van der Waals surface area contributed by atoms with Gasteiger partial charge in [-0.25, -0.2) is 0 Å². The molecule has 2 aromatic carbocycles. The molecule has 0 aromatic heterocycles. The van der Waals surface area contributed by atoms with E-state index in [9.17, 15) is 0 Å². The Kier molecular flexibility index (Phi) is 4.90. The summed E-state index contributed by atoms with van der Waals surface area (Å²) in [6.07, 6.45) is 2.30. The third-order valence-electron chi connectivity index (χ3n) is 4.34. The first-order valence-corrected chi connectivity index (χ1v) is 12.8. The summed E-state index contributed by atoms with van der Waals surface area (Å²) >= 11 is -0.384.